The molecule has 4 N–H and O–H groups in total. The minimum Gasteiger partial charge on any atom is -1.00 e. The van der Waals surface area contributed by atoms with Gasteiger partial charge in [0.15, 0.2) is 0 Å². The molecule has 66 valence electrons. The zero-order valence-electron chi connectivity index (χ0n) is 5.87. The molecule has 0 aliphatic heterocycles. The molecule has 0 saturated heterocycles. The molecule has 2 amide bonds. The molecule has 0 aliphatic rings. The van der Waals surface area contributed by atoms with E-state index < -0.39 is 10.5 Å². The van der Waals surface area contributed by atoms with Crippen molar-refractivity contribution in [2.45, 2.75) is 14.9 Å². The fraction of sp³-hybridized carbons (Fsp3) is 0.500. The Hall–Kier alpha value is 0.640. The van der Waals surface area contributed by atoms with Crippen LogP contribution in [0.3, 0.4) is 0 Å². The van der Waals surface area contributed by atoms with E-state index in [1.54, 1.807) is 0 Å². The topological polar surface area (TPSA) is 86.2 Å². The van der Waals surface area contributed by atoms with Gasteiger partial charge in [0, 0.05) is 0 Å². The van der Waals surface area contributed by atoms with Crippen LogP contribution in [0.15, 0.2) is 0 Å². The number of carbonyl (C=O) groups excluding carboxylic acids is 2. The Bertz CT molecular complexity index is 87.1. The van der Waals surface area contributed by atoms with Gasteiger partial charge in [-0.25, -0.2) is 0 Å². The quantitative estimate of drug-likeness (QED) is 0.286. The number of amides is 2. The summed E-state index contributed by atoms with van der Waals surface area (Å²) < 4.78 is 0. The fourth-order valence-corrected chi connectivity index (χ4v) is 0. The van der Waals surface area contributed by atoms with Gasteiger partial charge in [0.1, 0.15) is 0 Å². The number of rotatable bonds is 0. The normalized spacial score (nSPS) is 4.55. The minimum atomic E-state index is -0.639. The third kappa shape index (κ3) is 1940. The van der Waals surface area contributed by atoms with Crippen molar-refractivity contribution in [2.24, 2.45) is 11.5 Å². The smallest absolute Gasteiger partial charge is 1.00 e. The minimum absolute atomic E-state index is 0. The molecule has 0 heterocycles. The first-order chi connectivity index (χ1) is 3.46. The van der Waals surface area contributed by atoms with Gasteiger partial charge < -0.3 is 12.9 Å². The second kappa shape index (κ2) is 22.4. The molecule has 0 radical (unpaired) electrons. The van der Waals surface area contributed by atoms with Gasteiger partial charge in [0.2, 0.25) is 0 Å². The summed E-state index contributed by atoms with van der Waals surface area (Å²) in [6, 6.07) is 0. The van der Waals surface area contributed by atoms with Crippen LogP contribution < -0.4 is 41.0 Å². The maximum absolute atomic E-state index is 9.09. The van der Waals surface area contributed by atoms with E-state index in [0.29, 0.717) is 0 Å². The van der Waals surface area contributed by atoms with Gasteiger partial charge in [-0.2, -0.15) is 0 Å². The summed E-state index contributed by atoms with van der Waals surface area (Å²) in [5, 5.41) is -1.28. The molecular weight excluding hydrogens is 195 g/mol. The molecule has 0 aromatic heterocycles. The molecule has 7 heteroatoms. The van der Waals surface area contributed by atoms with Crippen molar-refractivity contribution in [3.8, 4) is 0 Å². The zero-order chi connectivity index (χ0) is 7.15. The summed E-state index contributed by atoms with van der Waals surface area (Å²) in [6.07, 6.45) is 0. The van der Waals surface area contributed by atoms with E-state index in [1.807, 2.05) is 0 Å². The van der Waals surface area contributed by atoms with Crippen molar-refractivity contribution in [2.75, 3.05) is 0 Å². The van der Waals surface area contributed by atoms with Crippen LogP contribution in [0.4, 0.5) is 9.59 Å². The van der Waals surface area contributed by atoms with Crippen LogP contribution in [0.25, 0.3) is 0 Å². The van der Waals surface area contributed by atoms with Gasteiger partial charge in [-0.05, 0) is 0 Å². The molecule has 0 bridgehead atoms. The van der Waals surface area contributed by atoms with Gasteiger partial charge in [-0.1, -0.05) is 40.1 Å². The van der Waals surface area contributed by atoms with E-state index in [2.05, 4.69) is 36.7 Å². The first-order valence-corrected chi connectivity index (χ1v) is 2.33. The maximum Gasteiger partial charge on any atom is 1.00 e. The first kappa shape index (κ1) is 29.9. The third-order valence-corrected chi connectivity index (χ3v) is 0. The van der Waals surface area contributed by atoms with Crippen LogP contribution in [0.1, 0.15) is 16.3 Å². The number of carbonyl (C=O) groups is 2. The van der Waals surface area contributed by atoms with E-state index in [4.69, 9.17) is 9.59 Å². The fourth-order valence-electron chi connectivity index (χ4n) is 0. The van der Waals surface area contributed by atoms with Crippen molar-refractivity contribution >= 4 is 35.7 Å². The van der Waals surface area contributed by atoms with Gasteiger partial charge in [-0.3, -0.25) is 9.59 Å². The second-order valence-corrected chi connectivity index (χ2v) is 1.56. The third-order valence-electron chi connectivity index (χ3n) is 0. The van der Waals surface area contributed by atoms with Crippen molar-refractivity contribution in [3.63, 3.8) is 0 Å². The van der Waals surface area contributed by atoms with Crippen molar-refractivity contribution in [1.82, 2.24) is 0 Å². The monoisotopic (exact) mass is 210 g/mol. The molecule has 0 unspecified atom stereocenters. The number of hydrogen-bond acceptors (Lipinski definition) is 2. The summed E-state index contributed by atoms with van der Waals surface area (Å²) in [4.78, 5) is 18.2. The van der Waals surface area contributed by atoms with Gasteiger partial charge in [0.05, 0.1) is 0 Å². The molecule has 0 aromatic carbocycles. The van der Waals surface area contributed by atoms with Crippen LogP contribution in [-0.4, -0.2) is 10.5 Å². The Morgan fingerprint density at radius 3 is 1.00 bits per heavy atom. The van der Waals surface area contributed by atoms with E-state index in [-0.39, 0.29) is 45.8 Å². The summed E-state index contributed by atoms with van der Waals surface area (Å²) in [5.74, 6) is 0. The summed E-state index contributed by atoms with van der Waals surface area (Å²) in [5.41, 5.74) is 8.67. The Morgan fingerprint density at radius 2 is 1.00 bits per heavy atom. The first-order valence-electron chi connectivity index (χ1n) is 1.43. The molecule has 11 heavy (non-hydrogen) atoms. The maximum atomic E-state index is 9.09. The Kier molecular flexibility index (Phi) is 60.9. The van der Waals surface area contributed by atoms with Crippen LogP contribution >= 0.6 is 25.3 Å². The molecule has 0 saturated carbocycles. The molecular formula is C4H15N2NaO2S2. The van der Waals surface area contributed by atoms with Crippen LogP contribution in [-0.2, 0) is 0 Å². The molecule has 4 nitrogen and oxygen atoms in total. The molecule has 0 spiro atoms. The summed E-state index contributed by atoms with van der Waals surface area (Å²) in [7, 11) is 0. The number of thiol groups is 2. The SMILES string of the molecule is C.C.NC(=O)S.NC(=O)S.[H-].[Na+]. The summed E-state index contributed by atoms with van der Waals surface area (Å²) >= 11 is 6.21. The second-order valence-electron chi connectivity index (χ2n) is 0.676. The van der Waals surface area contributed by atoms with Crippen LogP contribution in [0.2, 0.25) is 0 Å². The van der Waals surface area contributed by atoms with Gasteiger partial charge in [-0.15, -0.1) is 0 Å². The van der Waals surface area contributed by atoms with Crippen LogP contribution in [0.5, 0.6) is 0 Å². The standard InChI is InChI=1S/2CH3NOS.2CH4.Na.H/c2*2-1(3)4;;;;/h2*(H3,2,3,4);2*1H4;;/q;;;;+1;-1. The van der Waals surface area contributed by atoms with E-state index in [0.717, 1.165) is 0 Å². The number of nitrogens with two attached hydrogens (primary N) is 2. The van der Waals surface area contributed by atoms with E-state index in [1.165, 1.54) is 0 Å². The average molecular weight is 210 g/mol. The predicted molar refractivity (Wildman–Crippen MR) is 51.7 cm³/mol. The molecule has 0 aliphatic carbocycles. The van der Waals surface area contributed by atoms with E-state index >= 15 is 0 Å². The largest absolute Gasteiger partial charge is 1.00 e. The van der Waals surface area contributed by atoms with Crippen molar-refractivity contribution in [1.29, 1.82) is 0 Å². The molecule has 0 fully saturated rings. The van der Waals surface area contributed by atoms with Gasteiger partial charge >= 0.3 is 29.6 Å². The van der Waals surface area contributed by atoms with Gasteiger partial charge in [0.25, 0.3) is 10.5 Å². The van der Waals surface area contributed by atoms with Crippen molar-refractivity contribution in [3.05, 3.63) is 0 Å². The van der Waals surface area contributed by atoms with Crippen LogP contribution in [0, 0.1) is 0 Å². The predicted octanol–water partition coefficient (Wildman–Crippen LogP) is -1.62. The number of hydrogen-bond donors (Lipinski definition) is 4. The Balaban J connectivity index is -0.0000000112. The average Bonchev–Trinajstić information content (AvgIpc) is 1.25. The Morgan fingerprint density at radius 1 is 1.00 bits per heavy atom. The summed E-state index contributed by atoms with van der Waals surface area (Å²) in [6.45, 7) is 0. The molecule has 0 rings (SSSR count). The Labute approximate surface area is 102 Å². The zero-order valence-corrected chi connectivity index (χ0v) is 8.65. The van der Waals surface area contributed by atoms with E-state index in [9.17, 15) is 0 Å². The molecule has 0 atom stereocenters. The van der Waals surface area contributed by atoms with Crippen molar-refractivity contribution < 1.29 is 40.6 Å². The number of primary amides is 2. The molecule has 0 aromatic rings.